The highest BCUT2D eigenvalue weighted by atomic mass is 16.4. The Morgan fingerprint density at radius 1 is 1.40 bits per heavy atom. The van der Waals surface area contributed by atoms with Crippen molar-refractivity contribution in [3.63, 3.8) is 0 Å². The van der Waals surface area contributed by atoms with E-state index in [0.717, 1.165) is 11.0 Å². The maximum atomic E-state index is 12.3. The molecule has 0 aliphatic carbocycles. The van der Waals surface area contributed by atoms with Gasteiger partial charge < -0.3 is 10.2 Å². The lowest BCUT2D eigenvalue weighted by Gasteiger charge is -2.20. The number of hydrogen-bond acceptors (Lipinski definition) is 4. The van der Waals surface area contributed by atoms with Crippen molar-refractivity contribution >= 4 is 23.5 Å². The zero-order chi connectivity index (χ0) is 15.1. The molecule has 0 bridgehead atoms. The number of carboxylic acid groups (broad SMARTS) is 1. The molecule has 1 aliphatic rings. The summed E-state index contributed by atoms with van der Waals surface area (Å²) in [6.07, 6.45) is 0.650. The molecule has 6 nitrogen and oxygen atoms in total. The molecule has 2 amide bonds. The zero-order valence-corrected chi connectivity index (χ0v) is 11.2. The Kier molecular flexibility index (Phi) is 3.25. The van der Waals surface area contributed by atoms with Gasteiger partial charge in [0.25, 0.3) is 0 Å². The summed E-state index contributed by atoms with van der Waals surface area (Å²) in [5, 5.41) is 18.5. The van der Waals surface area contributed by atoms with Gasteiger partial charge in [0.2, 0.25) is 11.8 Å². The number of rotatable bonds is 3. The van der Waals surface area contributed by atoms with Crippen molar-refractivity contribution in [2.45, 2.75) is 26.7 Å². The molecule has 0 radical (unpaired) electrons. The molecule has 0 spiro atoms. The fourth-order valence-corrected chi connectivity index (χ4v) is 2.25. The van der Waals surface area contributed by atoms with Crippen LogP contribution in [0.25, 0.3) is 0 Å². The monoisotopic (exact) mass is 277 g/mol. The van der Waals surface area contributed by atoms with E-state index in [1.807, 2.05) is 6.92 Å². The van der Waals surface area contributed by atoms with Gasteiger partial charge in [-0.2, -0.15) is 0 Å². The standard InChI is InChI=1S/C14H15NO5/c1-3-14(2)7-11(17)15(13(14)20)8-4-5-9(12(18)19)10(16)6-8/h4-6,16H,3,7H2,1-2H3,(H,18,19)/t14-/m0/s1. The van der Waals surface area contributed by atoms with Crippen molar-refractivity contribution in [1.82, 2.24) is 0 Å². The molecule has 20 heavy (non-hydrogen) atoms. The zero-order valence-electron chi connectivity index (χ0n) is 11.2. The summed E-state index contributed by atoms with van der Waals surface area (Å²) in [5.74, 6) is -2.42. The van der Waals surface area contributed by atoms with Gasteiger partial charge in [0.15, 0.2) is 0 Å². The lowest BCUT2D eigenvalue weighted by Crippen LogP contribution is -2.33. The molecule has 6 heteroatoms. The molecule has 2 rings (SSSR count). The minimum atomic E-state index is -1.27. The maximum Gasteiger partial charge on any atom is 0.339 e. The minimum Gasteiger partial charge on any atom is -0.507 e. The molecule has 1 aromatic rings. The molecule has 1 aliphatic heterocycles. The van der Waals surface area contributed by atoms with Crippen molar-refractivity contribution in [2.75, 3.05) is 4.90 Å². The van der Waals surface area contributed by atoms with Crippen LogP contribution in [0.3, 0.4) is 0 Å². The molecule has 1 fully saturated rings. The molecule has 2 N–H and O–H groups in total. The fraction of sp³-hybridized carbons (Fsp3) is 0.357. The topological polar surface area (TPSA) is 94.9 Å². The number of carbonyl (C=O) groups is 3. The van der Waals surface area contributed by atoms with Crippen molar-refractivity contribution in [2.24, 2.45) is 5.41 Å². The normalized spacial score (nSPS) is 22.4. The Bertz CT molecular complexity index is 610. The average molecular weight is 277 g/mol. The molecule has 0 unspecified atom stereocenters. The van der Waals surface area contributed by atoms with Crippen molar-refractivity contribution in [1.29, 1.82) is 0 Å². The van der Waals surface area contributed by atoms with Gasteiger partial charge in [0, 0.05) is 12.5 Å². The smallest absolute Gasteiger partial charge is 0.339 e. The van der Waals surface area contributed by atoms with Gasteiger partial charge in [0.05, 0.1) is 11.1 Å². The molecule has 1 saturated heterocycles. The van der Waals surface area contributed by atoms with Gasteiger partial charge in [-0.05, 0) is 18.6 Å². The van der Waals surface area contributed by atoms with Crippen LogP contribution in [0.4, 0.5) is 5.69 Å². The summed E-state index contributed by atoms with van der Waals surface area (Å²) < 4.78 is 0. The van der Waals surface area contributed by atoms with Crippen LogP contribution < -0.4 is 4.90 Å². The van der Waals surface area contributed by atoms with Gasteiger partial charge in [-0.1, -0.05) is 13.8 Å². The Labute approximate surface area is 115 Å². The summed E-state index contributed by atoms with van der Waals surface area (Å²) in [6, 6.07) is 3.65. The number of carbonyl (C=O) groups excluding carboxylic acids is 2. The van der Waals surface area contributed by atoms with Crippen LogP contribution in [0.1, 0.15) is 37.0 Å². The van der Waals surface area contributed by atoms with Crippen LogP contribution in [-0.4, -0.2) is 28.0 Å². The molecule has 1 atom stereocenters. The average Bonchev–Trinajstić information content (AvgIpc) is 2.60. The largest absolute Gasteiger partial charge is 0.507 e. The number of imide groups is 1. The molecular weight excluding hydrogens is 262 g/mol. The molecule has 1 aromatic carbocycles. The molecule has 0 saturated carbocycles. The van der Waals surface area contributed by atoms with E-state index < -0.39 is 17.1 Å². The Morgan fingerprint density at radius 2 is 2.05 bits per heavy atom. The highest BCUT2D eigenvalue weighted by Crippen LogP contribution is 2.39. The second-order valence-electron chi connectivity index (χ2n) is 5.13. The van der Waals surface area contributed by atoms with Crippen LogP contribution in [-0.2, 0) is 9.59 Å². The molecular formula is C14H15NO5. The first-order chi connectivity index (χ1) is 9.30. The number of aromatic carboxylic acids is 1. The van der Waals surface area contributed by atoms with Gasteiger partial charge in [-0.15, -0.1) is 0 Å². The number of anilines is 1. The number of carboxylic acids is 1. The minimum absolute atomic E-state index is 0.115. The van der Waals surface area contributed by atoms with Crippen molar-refractivity contribution in [3.05, 3.63) is 23.8 Å². The molecule has 1 heterocycles. The van der Waals surface area contributed by atoms with E-state index >= 15 is 0 Å². The van der Waals surface area contributed by atoms with E-state index in [4.69, 9.17) is 5.11 Å². The number of aromatic hydroxyl groups is 1. The van der Waals surface area contributed by atoms with E-state index in [1.54, 1.807) is 6.92 Å². The van der Waals surface area contributed by atoms with Gasteiger partial charge in [-0.25, -0.2) is 9.69 Å². The first-order valence-corrected chi connectivity index (χ1v) is 6.24. The predicted molar refractivity (Wildman–Crippen MR) is 70.6 cm³/mol. The van der Waals surface area contributed by atoms with Crippen LogP contribution in [0.2, 0.25) is 0 Å². The third-order valence-corrected chi connectivity index (χ3v) is 3.76. The van der Waals surface area contributed by atoms with E-state index in [2.05, 4.69) is 0 Å². The molecule has 106 valence electrons. The first-order valence-electron chi connectivity index (χ1n) is 6.24. The Balaban J connectivity index is 2.42. The third kappa shape index (κ3) is 2.03. The number of benzene rings is 1. The summed E-state index contributed by atoms with van der Waals surface area (Å²) in [7, 11) is 0. The lowest BCUT2D eigenvalue weighted by atomic mass is 9.86. The third-order valence-electron chi connectivity index (χ3n) is 3.76. The van der Waals surface area contributed by atoms with Crippen molar-refractivity contribution in [3.8, 4) is 5.75 Å². The second kappa shape index (κ2) is 4.63. The first kappa shape index (κ1) is 14.0. The second-order valence-corrected chi connectivity index (χ2v) is 5.13. The van der Waals surface area contributed by atoms with E-state index in [1.165, 1.54) is 12.1 Å². The Morgan fingerprint density at radius 3 is 2.50 bits per heavy atom. The number of nitrogens with zero attached hydrogens (tertiary/aromatic N) is 1. The Hall–Kier alpha value is -2.37. The SMILES string of the molecule is CC[C@@]1(C)CC(=O)N(c2ccc(C(=O)O)c(O)c2)C1=O. The van der Waals surface area contributed by atoms with Gasteiger partial charge >= 0.3 is 5.97 Å². The summed E-state index contributed by atoms with van der Waals surface area (Å²) >= 11 is 0. The number of amides is 2. The number of phenols is 1. The van der Waals surface area contributed by atoms with Gasteiger partial charge in [0.1, 0.15) is 11.3 Å². The fourth-order valence-electron chi connectivity index (χ4n) is 2.25. The van der Waals surface area contributed by atoms with E-state index in [9.17, 15) is 19.5 Å². The predicted octanol–water partition coefficient (Wildman–Crippen LogP) is 1.77. The summed E-state index contributed by atoms with van der Waals surface area (Å²) in [6.45, 7) is 3.55. The quantitative estimate of drug-likeness (QED) is 0.821. The van der Waals surface area contributed by atoms with E-state index in [-0.39, 0.29) is 29.5 Å². The summed E-state index contributed by atoms with van der Waals surface area (Å²) in [5.41, 5.74) is -0.816. The highest BCUT2D eigenvalue weighted by Gasteiger charge is 2.47. The van der Waals surface area contributed by atoms with Gasteiger partial charge in [-0.3, -0.25) is 9.59 Å². The molecule has 0 aromatic heterocycles. The van der Waals surface area contributed by atoms with Crippen LogP contribution in [0.5, 0.6) is 5.75 Å². The summed E-state index contributed by atoms with van der Waals surface area (Å²) in [4.78, 5) is 36.1. The van der Waals surface area contributed by atoms with Crippen LogP contribution in [0, 0.1) is 5.41 Å². The van der Waals surface area contributed by atoms with Crippen molar-refractivity contribution < 1.29 is 24.6 Å². The van der Waals surface area contributed by atoms with Crippen LogP contribution in [0.15, 0.2) is 18.2 Å². The highest BCUT2D eigenvalue weighted by molar-refractivity contribution is 6.22. The van der Waals surface area contributed by atoms with E-state index in [0.29, 0.717) is 6.42 Å². The maximum absolute atomic E-state index is 12.3. The number of hydrogen-bond donors (Lipinski definition) is 2. The lowest BCUT2D eigenvalue weighted by molar-refractivity contribution is -0.125. The van der Waals surface area contributed by atoms with Crippen LogP contribution >= 0.6 is 0 Å².